The number of nitrogens with zero attached hydrogens (tertiary/aromatic N) is 5. The van der Waals surface area contributed by atoms with Gasteiger partial charge in [0, 0.05) is 44.4 Å². The fourth-order valence-corrected chi connectivity index (χ4v) is 3.34. The van der Waals surface area contributed by atoms with Crippen LogP contribution in [0.5, 0.6) is 11.6 Å². The Hall–Kier alpha value is -2.64. The molecule has 3 heterocycles. The van der Waals surface area contributed by atoms with Crippen molar-refractivity contribution in [1.29, 1.82) is 0 Å². The monoisotopic (exact) mass is 367 g/mol. The number of phenolic OH excluding ortho intramolecular Hbond substituents is 1. The topological polar surface area (TPSA) is 66.1 Å². The lowest BCUT2D eigenvalue weighted by Crippen LogP contribution is -2.44. The Balaban J connectivity index is 1.40. The van der Waals surface area contributed by atoms with Crippen molar-refractivity contribution in [1.82, 2.24) is 24.4 Å². The Bertz CT molecular complexity index is 902. The number of phenols is 1. The van der Waals surface area contributed by atoms with E-state index in [0.717, 1.165) is 50.5 Å². The number of fused-ring (bicyclic) bond motifs is 1. The molecule has 0 aliphatic carbocycles. The average Bonchev–Trinajstić information content (AvgIpc) is 3.10. The van der Waals surface area contributed by atoms with Gasteiger partial charge in [-0.25, -0.2) is 9.50 Å². The second kappa shape index (κ2) is 7.94. The molecule has 0 unspecified atom stereocenters. The van der Waals surface area contributed by atoms with Crippen LogP contribution in [-0.4, -0.2) is 75.9 Å². The van der Waals surface area contributed by atoms with Crippen LogP contribution < -0.4 is 4.74 Å². The summed E-state index contributed by atoms with van der Waals surface area (Å²) in [6, 6.07) is 10.9. The highest BCUT2D eigenvalue weighted by Crippen LogP contribution is 2.29. The summed E-state index contributed by atoms with van der Waals surface area (Å²) in [5.41, 5.74) is 2.16. The molecule has 1 saturated heterocycles. The molecule has 27 heavy (non-hydrogen) atoms. The average molecular weight is 367 g/mol. The van der Waals surface area contributed by atoms with Gasteiger partial charge in [-0.3, -0.25) is 0 Å². The zero-order chi connectivity index (χ0) is 18.6. The molecule has 142 valence electrons. The van der Waals surface area contributed by atoms with Crippen LogP contribution in [0.1, 0.15) is 6.42 Å². The maximum Gasteiger partial charge on any atom is 0.231 e. The molecule has 7 nitrogen and oxygen atoms in total. The number of ether oxygens (including phenoxy) is 1. The van der Waals surface area contributed by atoms with Gasteiger partial charge < -0.3 is 19.6 Å². The van der Waals surface area contributed by atoms with Crippen LogP contribution in [0.15, 0.2) is 42.6 Å². The number of piperazine rings is 1. The Morgan fingerprint density at radius 2 is 1.89 bits per heavy atom. The van der Waals surface area contributed by atoms with E-state index in [4.69, 9.17) is 4.74 Å². The lowest BCUT2D eigenvalue weighted by Gasteiger charge is -2.32. The zero-order valence-electron chi connectivity index (χ0n) is 15.6. The van der Waals surface area contributed by atoms with E-state index in [-0.39, 0.29) is 5.75 Å². The van der Waals surface area contributed by atoms with E-state index in [2.05, 4.69) is 26.9 Å². The summed E-state index contributed by atoms with van der Waals surface area (Å²) in [7, 11) is 2.17. The molecule has 1 aliphatic rings. The third-order valence-corrected chi connectivity index (χ3v) is 4.98. The maximum absolute atomic E-state index is 10.1. The molecular formula is C20H25N5O2. The number of hydrogen-bond acceptors (Lipinski definition) is 6. The van der Waals surface area contributed by atoms with Crippen molar-refractivity contribution < 1.29 is 9.84 Å². The van der Waals surface area contributed by atoms with Crippen LogP contribution >= 0.6 is 0 Å². The normalized spacial score (nSPS) is 16.0. The van der Waals surface area contributed by atoms with Gasteiger partial charge in [0.05, 0.1) is 18.5 Å². The second-order valence-corrected chi connectivity index (χ2v) is 6.95. The first-order valence-corrected chi connectivity index (χ1v) is 9.37. The van der Waals surface area contributed by atoms with E-state index in [1.807, 2.05) is 24.3 Å². The Morgan fingerprint density at radius 1 is 1.07 bits per heavy atom. The highest BCUT2D eigenvalue weighted by Gasteiger charge is 2.14. The molecule has 1 aromatic carbocycles. The van der Waals surface area contributed by atoms with Crippen molar-refractivity contribution in [2.24, 2.45) is 0 Å². The van der Waals surface area contributed by atoms with E-state index >= 15 is 0 Å². The minimum absolute atomic E-state index is 0.208. The summed E-state index contributed by atoms with van der Waals surface area (Å²) in [5.74, 6) is 0.773. The third-order valence-electron chi connectivity index (χ3n) is 4.98. The Kier molecular flexibility index (Phi) is 5.22. The highest BCUT2D eigenvalue weighted by atomic mass is 16.5. The van der Waals surface area contributed by atoms with Crippen molar-refractivity contribution in [2.75, 3.05) is 46.4 Å². The minimum Gasteiger partial charge on any atom is -0.507 e. The molecule has 0 spiro atoms. The first kappa shape index (κ1) is 17.8. The van der Waals surface area contributed by atoms with Gasteiger partial charge in [0.1, 0.15) is 5.75 Å². The number of para-hydroxylation sites is 1. The van der Waals surface area contributed by atoms with Crippen LogP contribution in [0.25, 0.3) is 16.9 Å². The molecule has 0 saturated carbocycles. The number of imidazole rings is 1. The van der Waals surface area contributed by atoms with Crippen LogP contribution in [0, 0.1) is 0 Å². The van der Waals surface area contributed by atoms with E-state index in [1.54, 1.807) is 22.8 Å². The maximum atomic E-state index is 10.1. The Labute approximate surface area is 158 Å². The molecule has 0 atom stereocenters. The fourth-order valence-electron chi connectivity index (χ4n) is 3.34. The molecule has 1 N–H and O–H groups in total. The van der Waals surface area contributed by atoms with Crippen molar-refractivity contribution in [3.05, 3.63) is 42.6 Å². The fraction of sp³-hybridized carbons (Fsp3) is 0.400. The summed E-state index contributed by atoms with van der Waals surface area (Å²) in [6.45, 7) is 6.19. The lowest BCUT2D eigenvalue weighted by molar-refractivity contribution is 0.145. The van der Waals surface area contributed by atoms with Gasteiger partial charge in [-0.15, -0.1) is 5.10 Å². The first-order valence-electron chi connectivity index (χ1n) is 9.37. The van der Waals surface area contributed by atoms with Gasteiger partial charge in [0.25, 0.3) is 0 Å². The van der Waals surface area contributed by atoms with E-state index in [9.17, 15) is 5.11 Å². The standard InChI is InChI=1S/C20H25N5O2/c1-23-10-12-24(13-11-23)9-4-14-27-20-8-7-19-21-15-17(25(19)22-20)16-5-2-3-6-18(16)26/h2-3,5-8,15,26H,4,9-14H2,1H3. The summed E-state index contributed by atoms with van der Waals surface area (Å²) in [6.07, 6.45) is 2.69. The highest BCUT2D eigenvalue weighted by molar-refractivity contribution is 5.69. The van der Waals surface area contributed by atoms with E-state index in [1.165, 1.54) is 0 Å². The molecule has 0 radical (unpaired) electrons. The molecule has 1 aliphatic heterocycles. The molecular weight excluding hydrogens is 342 g/mol. The number of benzene rings is 1. The molecule has 3 aromatic rings. The quantitative estimate of drug-likeness (QED) is 0.673. The van der Waals surface area contributed by atoms with Gasteiger partial charge in [-0.2, -0.15) is 0 Å². The summed E-state index contributed by atoms with van der Waals surface area (Å²) >= 11 is 0. The van der Waals surface area contributed by atoms with Crippen LogP contribution in [0.2, 0.25) is 0 Å². The van der Waals surface area contributed by atoms with E-state index in [0.29, 0.717) is 18.1 Å². The van der Waals surface area contributed by atoms with Gasteiger partial charge >= 0.3 is 0 Å². The van der Waals surface area contributed by atoms with Crippen molar-refractivity contribution in [3.8, 4) is 22.9 Å². The lowest BCUT2D eigenvalue weighted by atomic mass is 10.1. The third kappa shape index (κ3) is 4.04. The number of aromatic hydroxyl groups is 1. The number of hydrogen-bond donors (Lipinski definition) is 1. The van der Waals surface area contributed by atoms with Gasteiger partial charge in [-0.05, 0) is 31.7 Å². The van der Waals surface area contributed by atoms with Crippen molar-refractivity contribution >= 4 is 5.65 Å². The first-order chi connectivity index (χ1) is 13.2. The zero-order valence-corrected chi connectivity index (χ0v) is 15.6. The summed E-state index contributed by atoms with van der Waals surface area (Å²) in [4.78, 5) is 9.20. The molecule has 7 heteroatoms. The molecule has 4 rings (SSSR count). The summed E-state index contributed by atoms with van der Waals surface area (Å²) in [5, 5.41) is 14.7. The largest absolute Gasteiger partial charge is 0.507 e. The SMILES string of the molecule is CN1CCN(CCCOc2ccc3ncc(-c4ccccc4O)n3n2)CC1. The van der Waals surface area contributed by atoms with Crippen molar-refractivity contribution in [3.63, 3.8) is 0 Å². The molecule has 0 amide bonds. The van der Waals surface area contributed by atoms with Crippen molar-refractivity contribution in [2.45, 2.75) is 6.42 Å². The van der Waals surface area contributed by atoms with Crippen LogP contribution in [0.4, 0.5) is 0 Å². The summed E-state index contributed by atoms with van der Waals surface area (Å²) < 4.78 is 7.57. The predicted molar refractivity (Wildman–Crippen MR) is 104 cm³/mol. The van der Waals surface area contributed by atoms with Gasteiger partial charge in [-0.1, -0.05) is 12.1 Å². The number of aromatic nitrogens is 3. The predicted octanol–water partition coefficient (Wildman–Crippen LogP) is 2.12. The van der Waals surface area contributed by atoms with Gasteiger partial charge in [0.15, 0.2) is 5.65 Å². The molecule has 0 bridgehead atoms. The van der Waals surface area contributed by atoms with E-state index < -0.39 is 0 Å². The smallest absolute Gasteiger partial charge is 0.231 e. The molecule has 2 aromatic heterocycles. The molecule has 1 fully saturated rings. The Morgan fingerprint density at radius 3 is 2.70 bits per heavy atom. The van der Waals surface area contributed by atoms with Gasteiger partial charge in [0.2, 0.25) is 5.88 Å². The van der Waals surface area contributed by atoms with Crippen LogP contribution in [0.3, 0.4) is 0 Å². The number of rotatable bonds is 6. The van der Waals surface area contributed by atoms with Crippen LogP contribution in [-0.2, 0) is 0 Å². The number of likely N-dealkylation sites (N-methyl/N-ethyl adjacent to an activating group) is 1. The minimum atomic E-state index is 0.208. The second-order valence-electron chi connectivity index (χ2n) is 6.95.